The molecule has 0 radical (unpaired) electrons. The molecule has 4 aromatic rings. The van der Waals surface area contributed by atoms with Gasteiger partial charge in [0.15, 0.2) is 0 Å². The Hall–Kier alpha value is -2.91. The Morgan fingerprint density at radius 1 is 1.24 bits per heavy atom. The molecule has 7 nitrogen and oxygen atoms in total. The predicted molar refractivity (Wildman–Crippen MR) is 136 cm³/mol. The molecular formula is C24H27N5O2S2. The van der Waals surface area contributed by atoms with E-state index in [1.807, 2.05) is 20.8 Å². The third-order valence-corrected chi connectivity index (χ3v) is 7.64. The maximum absolute atomic E-state index is 13.0. The molecule has 2 N–H and O–H groups in total. The molecule has 0 saturated heterocycles. The van der Waals surface area contributed by atoms with Gasteiger partial charge in [-0.1, -0.05) is 17.7 Å². The number of nitrogens with one attached hydrogen (secondary N) is 2. The van der Waals surface area contributed by atoms with Crippen molar-refractivity contribution in [1.29, 1.82) is 0 Å². The van der Waals surface area contributed by atoms with Crippen LogP contribution in [0.4, 0.5) is 5.69 Å². The maximum Gasteiger partial charge on any atom is 0.266 e. The highest BCUT2D eigenvalue weighted by Gasteiger charge is 2.21. The number of anilines is 1. The van der Waals surface area contributed by atoms with Crippen molar-refractivity contribution in [2.24, 2.45) is 0 Å². The molecule has 0 saturated carbocycles. The number of rotatable bonds is 5. The number of thiophene rings is 1. The van der Waals surface area contributed by atoms with Crippen LogP contribution in [0.5, 0.6) is 0 Å². The lowest BCUT2D eigenvalue weighted by Crippen LogP contribution is -2.22. The van der Waals surface area contributed by atoms with Crippen LogP contribution in [0, 0.1) is 20.8 Å². The Morgan fingerprint density at radius 3 is 2.70 bits per heavy atom. The zero-order chi connectivity index (χ0) is 23.9. The minimum absolute atomic E-state index is 0.181. The van der Waals surface area contributed by atoms with Crippen molar-refractivity contribution in [2.45, 2.75) is 57.7 Å². The first-order valence-electron chi connectivity index (χ1n) is 10.6. The fraction of sp³-hybridized carbons (Fsp3) is 0.333. The lowest BCUT2D eigenvalue weighted by molar-refractivity contribution is 0.103. The fourth-order valence-electron chi connectivity index (χ4n) is 3.42. The number of aromatic amines is 1. The van der Waals surface area contributed by atoms with Gasteiger partial charge in [0.2, 0.25) is 0 Å². The molecule has 0 bridgehead atoms. The van der Waals surface area contributed by atoms with Crippen LogP contribution in [-0.2, 0) is 11.3 Å². The van der Waals surface area contributed by atoms with Crippen LogP contribution >= 0.6 is 23.1 Å². The van der Waals surface area contributed by atoms with Crippen molar-refractivity contribution in [1.82, 2.24) is 19.7 Å². The third kappa shape index (κ3) is 4.89. The molecule has 0 unspecified atom stereocenters. The molecule has 0 aliphatic carbocycles. The smallest absolute Gasteiger partial charge is 0.266 e. The maximum atomic E-state index is 13.0. The minimum Gasteiger partial charge on any atom is -0.319 e. The number of fused-ring (bicyclic) bond motifs is 1. The highest BCUT2D eigenvalue weighted by molar-refractivity contribution is 7.98. The number of benzene rings is 1. The summed E-state index contributed by atoms with van der Waals surface area (Å²) in [6, 6.07) is 6.31. The summed E-state index contributed by atoms with van der Waals surface area (Å²) in [6.07, 6.45) is 3.42. The number of amides is 1. The molecule has 1 amide bonds. The van der Waals surface area contributed by atoms with Gasteiger partial charge in [0.25, 0.3) is 11.5 Å². The van der Waals surface area contributed by atoms with Crippen LogP contribution in [-0.4, -0.2) is 25.7 Å². The number of aryl methyl sites for hydroxylation is 3. The van der Waals surface area contributed by atoms with Crippen molar-refractivity contribution < 1.29 is 4.79 Å². The quantitative estimate of drug-likeness (QED) is 0.372. The van der Waals surface area contributed by atoms with Crippen molar-refractivity contribution in [2.75, 3.05) is 5.32 Å². The van der Waals surface area contributed by atoms with Gasteiger partial charge < -0.3 is 10.3 Å². The zero-order valence-corrected chi connectivity index (χ0v) is 21.2. The summed E-state index contributed by atoms with van der Waals surface area (Å²) in [5.41, 5.74) is 3.23. The van der Waals surface area contributed by atoms with E-state index in [0.717, 1.165) is 4.90 Å². The summed E-state index contributed by atoms with van der Waals surface area (Å²) in [7, 11) is 0. The summed E-state index contributed by atoms with van der Waals surface area (Å²) >= 11 is 2.88. The summed E-state index contributed by atoms with van der Waals surface area (Å²) < 4.78 is 1.80. The molecule has 0 aliphatic heterocycles. The average molecular weight is 482 g/mol. The Labute approximate surface area is 200 Å². The number of aromatic nitrogens is 4. The number of carbonyl (C=O) groups is 1. The summed E-state index contributed by atoms with van der Waals surface area (Å²) in [4.78, 5) is 35.5. The lowest BCUT2D eigenvalue weighted by atomic mass is 10.1. The molecule has 0 atom stereocenters. The molecular weight excluding hydrogens is 454 g/mol. The number of thioether (sulfide) groups is 1. The number of hydrogen-bond donors (Lipinski definition) is 2. The molecule has 0 spiro atoms. The standard InChI is InChI=1S/C24H27N5O2S2/c1-13-7-8-14(2)17(9-13)32-12-18-27-21(30)19-15(3)20(33-23(19)28-18)22(31)26-16-10-25-29(11-16)24(4,5)6/h7-11H,12H2,1-6H3,(H,26,31)(H,27,28,30). The first-order chi connectivity index (χ1) is 15.5. The van der Waals surface area contributed by atoms with Crippen molar-refractivity contribution in [3.8, 4) is 0 Å². The molecule has 1 aromatic carbocycles. The second kappa shape index (κ2) is 8.79. The second-order valence-electron chi connectivity index (χ2n) is 9.11. The Morgan fingerprint density at radius 2 is 2.00 bits per heavy atom. The van der Waals surface area contributed by atoms with Crippen molar-refractivity contribution >= 4 is 44.9 Å². The molecule has 3 aromatic heterocycles. The molecule has 172 valence electrons. The molecule has 0 fully saturated rings. The second-order valence-corrected chi connectivity index (χ2v) is 11.1. The van der Waals surface area contributed by atoms with Crippen molar-refractivity contribution in [3.05, 3.63) is 68.3 Å². The first-order valence-corrected chi connectivity index (χ1v) is 12.4. The van der Waals surface area contributed by atoms with Gasteiger partial charge in [0.05, 0.1) is 33.4 Å². The topological polar surface area (TPSA) is 92.7 Å². The Kier molecular flexibility index (Phi) is 6.20. The highest BCUT2D eigenvalue weighted by atomic mass is 32.2. The zero-order valence-electron chi connectivity index (χ0n) is 19.6. The van der Waals surface area contributed by atoms with Gasteiger partial charge in [0.1, 0.15) is 10.7 Å². The van der Waals surface area contributed by atoms with E-state index in [0.29, 0.717) is 37.9 Å². The first kappa shape index (κ1) is 23.3. The molecule has 33 heavy (non-hydrogen) atoms. The largest absolute Gasteiger partial charge is 0.319 e. The number of carbonyl (C=O) groups excluding carboxylic acids is 1. The number of hydrogen-bond acceptors (Lipinski definition) is 6. The molecule has 3 heterocycles. The van der Waals surface area contributed by atoms with E-state index >= 15 is 0 Å². The number of H-pyrrole nitrogens is 1. The molecule has 9 heteroatoms. The van der Waals surface area contributed by atoms with E-state index in [1.54, 1.807) is 35.8 Å². The Balaban J connectivity index is 1.58. The van der Waals surface area contributed by atoms with E-state index in [1.165, 1.54) is 22.5 Å². The summed E-state index contributed by atoms with van der Waals surface area (Å²) in [6.45, 7) is 12.0. The SMILES string of the molecule is Cc1ccc(C)c(SCc2nc3sc(C(=O)Nc4cnn(C(C)(C)C)c4)c(C)c3c(=O)[nH]2)c1. The van der Waals surface area contributed by atoms with Crippen LogP contribution in [0.1, 0.15) is 53.0 Å². The van der Waals surface area contributed by atoms with Gasteiger partial charge in [-0.15, -0.1) is 23.1 Å². The number of nitrogens with zero attached hydrogens (tertiary/aromatic N) is 3. The van der Waals surface area contributed by atoms with Crippen LogP contribution in [0.2, 0.25) is 0 Å². The van der Waals surface area contributed by atoms with E-state index < -0.39 is 0 Å². The van der Waals surface area contributed by atoms with E-state index in [-0.39, 0.29) is 17.0 Å². The normalized spacial score (nSPS) is 11.8. The predicted octanol–water partition coefficient (Wildman–Crippen LogP) is 5.41. The van der Waals surface area contributed by atoms with Crippen molar-refractivity contribution in [3.63, 3.8) is 0 Å². The van der Waals surface area contributed by atoms with Crippen LogP contribution in [0.3, 0.4) is 0 Å². The highest BCUT2D eigenvalue weighted by Crippen LogP contribution is 2.30. The van der Waals surface area contributed by atoms with E-state index in [2.05, 4.69) is 52.4 Å². The van der Waals surface area contributed by atoms with Gasteiger partial charge >= 0.3 is 0 Å². The molecule has 0 aliphatic rings. The average Bonchev–Trinajstić information content (AvgIpc) is 3.33. The van der Waals surface area contributed by atoms with Gasteiger partial charge in [0, 0.05) is 11.1 Å². The van der Waals surface area contributed by atoms with E-state index in [4.69, 9.17) is 0 Å². The van der Waals surface area contributed by atoms with Crippen LogP contribution in [0.15, 0.2) is 40.3 Å². The van der Waals surface area contributed by atoms with Gasteiger partial charge in [-0.3, -0.25) is 14.3 Å². The minimum atomic E-state index is -0.269. The van der Waals surface area contributed by atoms with Gasteiger partial charge in [-0.25, -0.2) is 4.98 Å². The monoisotopic (exact) mass is 481 g/mol. The lowest BCUT2D eigenvalue weighted by Gasteiger charge is -2.18. The summed E-state index contributed by atoms with van der Waals surface area (Å²) in [5, 5.41) is 7.68. The third-order valence-electron chi connectivity index (χ3n) is 5.29. The fourth-order valence-corrected chi connectivity index (χ4v) is 5.51. The summed E-state index contributed by atoms with van der Waals surface area (Å²) in [5.74, 6) is 0.868. The molecule has 4 rings (SSSR count). The van der Waals surface area contributed by atoms with Crippen LogP contribution in [0.25, 0.3) is 10.2 Å². The van der Waals surface area contributed by atoms with Gasteiger partial charge in [-0.2, -0.15) is 5.10 Å². The van der Waals surface area contributed by atoms with Gasteiger partial charge in [-0.05, 0) is 58.7 Å². The van der Waals surface area contributed by atoms with E-state index in [9.17, 15) is 9.59 Å². The van der Waals surface area contributed by atoms with Crippen LogP contribution < -0.4 is 10.9 Å². The Bertz CT molecular complexity index is 1410.